The third-order valence-corrected chi connectivity index (χ3v) is 12.2. The lowest BCUT2D eigenvalue weighted by Gasteiger charge is -2.18. The highest BCUT2D eigenvalue weighted by Crippen LogP contribution is 2.16. The van der Waals surface area contributed by atoms with Crippen molar-refractivity contribution in [1.29, 1.82) is 0 Å². The summed E-state index contributed by atoms with van der Waals surface area (Å²) in [4.78, 5) is 38.1. The second-order valence-electron chi connectivity index (χ2n) is 18.8. The van der Waals surface area contributed by atoms with Gasteiger partial charge >= 0.3 is 17.9 Å². The highest BCUT2D eigenvalue weighted by Gasteiger charge is 2.19. The molecule has 0 bridgehead atoms. The molecule has 0 aromatic carbocycles. The van der Waals surface area contributed by atoms with Crippen molar-refractivity contribution in [3.63, 3.8) is 0 Å². The van der Waals surface area contributed by atoms with Gasteiger partial charge in [-0.05, 0) is 83.5 Å². The second kappa shape index (κ2) is 54.7. The van der Waals surface area contributed by atoms with Crippen LogP contribution >= 0.6 is 0 Å². The van der Waals surface area contributed by atoms with E-state index >= 15 is 0 Å². The van der Waals surface area contributed by atoms with Crippen LogP contribution in [0.15, 0.2) is 60.8 Å². The minimum atomic E-state index is -0.804. The van der Waals surface area contributed by atoms with E-state index in [0.29, 0.717) is 19.3 Å². The Morgan fingerprint density at radius 2 is 0.561 bits per heavy atom. The zero-order valence-corrected chi connectivity index (χ0v) is 43.7. The molecule has 0 aromatic heterocycles. The third-order valence-electron chi connectivity index (χ3n) is 12.2. The Morgan fingerprint density at radius 1 is 0.303 bits per heavy atom. The minimum absolute atomic E-state index is 0.0960. The van der Waals surface area contributed by atoms with E-state index in [1.165, 1.54) is 167 Å². The zero-order valence-electron chi connectivity index (χ0n) is 43.7. The molecule has 1 atom stereocenters. The second-order valence-corrected chi connectivity index (χ2v) is 18.8. The molecule has 0 heterocycles. The molecule has 0 amide bonds. The van der Waals surface area contributed by atoms with Gasteiger partial charge in [-0.15, -0.1) is 0 Å². The van der Waals surface area contributed by atoms with Crippen LogP contribution in [0.4, 0.5) is 0 Å². The zero-order chi connectivity index (χ0) is 47.9. The van der Waals surface area contributed by atoms with Crippen LogP contribution in [0, 0.1) is 0 Å². The summed E-state index contributed by atoms with van der Waals surface area (Å²) in [6.07, 6.45) is 67.8. The summed E-state index contributed by atoms with van der Waals surface area (Å²) in [6.45, 7) is 6.57. The van der Waals surface area contributed by atoms with Gasteiger partial charge in [0, 0.05) is 19.3 Å². The Kier molecular flexibility index (Phi) is 52.3. The summed E-state index contributed by atoms with van der Waals surface area (Å²) in [6, 6.07) is 0. The van der Waals surface area contributed by atoms with Crippen molar-refractivity contribution in [2.24, 2.45) is 0 Å². The van der Waals surface area contributed by atoms with Crippen LogP contribution in [0.2, 0.25) is 0 Å². The van der Waals surface area contributed by atoms with Crippen LogP contribution in [0.25, 0.3) is 0 Å². The molecule has 0 aliphatic carbocycles. The van der Waals surface area contributed by atoms with E-state index in [2.05, 4.69) is 81.5 Å². The van der Waals surface area contributed by atoms with E-state index in [0.717, 1.165) is 70.6 Å². The van der Waals surface area contributed by atoms with E-state index in [9.17, 15) is 14.4 Å². The van der Waals surface area contributed by atoms with Crippen molar-refractivity contribution >= 4 is 17.9 Å². The largest absolute Gasteiger partial charge is 0.462 e. The van der Waals surface area contributed by atoms with E-state index in [4.69, 9.17) is 14.2 Å². The Morgan fingerprint density at radius 3 is 0.955 bits per heavy atom. The van der Waals surface area contributed by atoms with Gasteiger partial charge in [-0.25, -0.2) is 0 Å². The summed E-state index contributed by atoms with van der Waals surface area (Å²) >= 11 is 0. The van der Waals surface area contributed by atoms with E-state index in [1.54, 1.807) is 0 Å². The Bertz CT molecular complexity index is 1200. The van der Waals surface area contributed by atoms with Crippen LogP contribution < -0.4 is 0 Å². The van der Waals surface area contributed by atoms with Crippen molar-refractivity contribution < 1.29 is 28.6 Å². The molecule has 0 saturated heterocycles. The van der Waals surface area contributed by atoms with Crippen molar-refractivity contribution in [2.45, 2.75) is 290 Å². The number of ether oxygens (including phenoxy) is 3. The molecule has 0 fully saturated rings. The monoisotopic (exact) mass is 923 g/mol. The lowest BCUT2D eigenvalue weighted by molar-refractivity contribution is -0.167. The molecule has 0 N–H and O–H groups in total. The first-order chi connectivity index (χ1) is 32.5. The Balaban J connectivity index is 4.43. The molecule has 0 spiro atoms. The normalized spacial score (nSPS) is 12.5. The number of allylic oxidation sites excluding steroid dienone is 10. The highest BCUT2D eigenvalue weighted by atomic mass is 16.6. The first-order valence-electron chi connectivity index (χ1n) is 28.3. The molecule has 382 valence electrons. The number of hydrogen-bond donors (Lipinski definition) is 0. The molecule has 0 unspecified atom stereocenters. The summed E-state index contributed by atoms with van der Waals surface area (Å²) < 4.78 is 16.8. The quantitative estimate of drug-likeness (QED) is 0.0262. The molecular formula is C60H106O6. The molecular weight excluding hydrogens is 817 g/mol. The lowest BCUT2D eigenvalue weighted by Crippen LogP contribution is -2.30. The predicted molar refractivity (Wildman–Crippen MR) is 284 cm³/mol. The van der Waals surface area contributed by atoms with Gasteiger partial charge in [-0.3, -0.25) is 14.4 Å². The first kappa shape index (κ1) is 63.1. The number of carbonyl (C=O) groups excluding carboxylic acids is 3. The standard InChI is InChI=1S/C60H106O6/c1-4-7-10-13-16-19-22-25-27-29-31-32-35-38-41-44-47-50-53-59(62)65-56-57(55-64-58(61)52-49-46-43-40-37-34-24-21-18-15-12-9-6-3)66-60(63)54-51-48-45-42-39-36-33-30-28-26-23-20-17-14-11-8-5-2/h17,20-21,24,26,28,33,36,42,45,57H,4-16,18-19,22-23,25,27,29-32,34-35,37-41,43-44,46-56H2,1-3H3/b20-17+,24-21+,28-26+,36-33+,45-42+/t57-/m1/s1. The van der Waals surface area contributed by atoms with Crippen LogP contribution in [-0.4, -0.2) is 37.2 Å². The van der Waals surface area contributed by atoms with E-state index < -0.39 is 6.10 Å². The van der Waals surface area contributed by atoms with Gasteiger partial charge in [0.1, 0.15) is 13.2 Å². The third kappa shape index (κ3) is 52.1. The summed E-state index contributed by atoms with van der Waals surface area (Å²) in [5, 5.41) is 0. The number of carbonyl (C=O) groups is 3. The molecule has 0 aliphatic heterocycles. The maximum atomic E-state index is 12.8. The minimum Gasteiger partial charge on any atom is -0.462 e. The first-order valence-corrected chi connectivity index (χ1v) is 28.3. The maximum absolute atomic E-state index is 12.8. The van der Waals surface area contributed by atoms with Crippen LogP contribution in [0.1, 0.15) is 284 Å². The molecule has 0 radical (unpaired) electrons. The number of unbranched alkanes of at least 4 members (excludes halogenated alkanes) is 30. The van der Waals surface area contributed by atoms with Crippen molar-refractivity contribution in [3.8, 4) is 0 Å². The maximum Gasteiger partial charge on any atom is 0.306 e. The van der Waals surface area contributed by atoms with Crippen molar-refractivity contribution in [1.82, 2.24) is 0 Å². The number of rotatable bonds is 51. The number of esters is 3. The summed E-state index contributed by atoms with van der Waals surface area (Å²) in [7, 11) is 0. The lowest BCUT2D eigenvalue weighted by atomic mass is 10.0. The van der Waals surface area contributed by atoms with Gasteiger partial charge in [0.25, 0.3) is 0 Å². The molecule has 0 rings (SSSR count). The fourth-order valence-electron chi connectivity index (χ4n) is 7.96. The molecule has 0 saturated carbocycles. The molecule has 0 aromatic rings. The van der Waals surface area contributed by atoms with Crippen molar-refractivity contribution in [2.75, 3.05) is 13.2 Å². The van der Waals surface area contributed by atoms with Crippen molar-refractivity contribution in [3.05, 3.63) is 60.8 Å². The van der Waals surface area contributed by atoms with Gasteiger partial charge in [-0.2, -0.15) is 0 Å². The number of hydrogen-bond acceptors (Lipinski definition) is 6. The molecule has 66 heavy (non-hydrogen) atoms. The fourth-order valence-corrected chi connectivity index (χ4v) is 7.96. The van der Waals surface area contributed by atoms with Gasteiger partial charge in [0.05, 0.1) is 0 Å². The molecule has 6 heteroatoms. The van der Waals surface area contributed by atoms with Crippen LogP contribution in [0.3, 0.4) is 0 Å². The topological polar surface area (TPSA) is 78.9 Å². The average molecular weight is 924 g/mol. The average Bonchev–Trinajstić information content (AvgIpc) is 3.31. The van der Waals surface area contributed by atoms with Gasteiger partial charge in [0.15, 0.2) is 6.10 Å². The Labute approximate surface area is 409 Å². The van der Waals surface area contributed by atoms with Crippen LogP contribution in [0.5, 0.6) is 0 Å². The van der Waals surface area contributed by atoms with Crippen LogP contribution in [-0.2, 0) is 28.6 Å². The fraction of sp³-hybridized carbons (Fsp3) is 0.783. The SMILES string of the molecule is CCCCC/C=C/C/C=C/C/C=C/C/C=C/CCCC(=O)O[C@H](COC(=O)CCCCCCC/C=C/CCCCCC)COC(=O)CCCCCCCCCCCCCCCCCCCC. The predicted octanol–water partition coefficient (Wildman–Crippen LogP) is 18.8. The smallest absolute Gasteiger partial charge is 0.306 e. The van der Waals surface area contributed by atoms with E-state index in [1.807, 2.05) is 0 Å². The highest BCUT2D eigenvalue weighted by molar-refractivity contribution is 5.71. The molecule has 0 aliphatic rings. The Hall–Kier alpha value is -2.89. The molecule has 6 nitrogen and oxygen atoms in total. The van der Waals surface area contributed by atoms with Gasteiger partial charge < -0.3 is 14.2 Å². The van der Waals surface area contributed by atoms with Gasteiger partial charge in [-0.1, -0.05) is 242 Å². The van der Waals surface area contributed by atoms with E-state index in [-0.39, 0.29) is 37.5 Å². The van der Waals surface area contributed by atoms with Gasteiger partial charge in [0.2, 0.25) is 0 Å². The summed E-state index contributed by atoms with van der Waals surface area (Å²) in [5.74, 6) is -0.951. The summed E-state index contributed by atoms with van der Waals surface area (Å²) in [5.41, 5.74) is 0.